The first-order valence-electron chi connectivity index (χ1n) is 12.7. The van der Waals surface area contributed by atoms with Gasteiger partial charge < -0.3 is 9.84 Å². The summed E-state index contributed by atoms with van der Waals surface area (Å²) in [6, 6.07) is 20.3. The second kappa shape index (κ2) is 10.4. The van der Waals surface area contributed by atoms with Gasteiger partial charge in [0.2, 0.25) is 0 Å². The number of aromatic nitrogens is 4. The van der Waals surface area contributed by atoms with Crippen LogP contribution in [0.25, 0.3) is 22.1 Å². The van der Waals surface area contributed by atoms with Gasteiger partial charge in [0, 0.05) is 23.7 Å². The number of aliphatic hydroxyl groups is 1. The number of hydrogen-bond donors (Lipinski definition) is 1. The van der Waals surface area contributed by atoms with E-state index in [9.17, 15) is 19.1 Å². The zero-order valence-electron chi connectivity index (χ0n) is 22.0. The summed E-state index contributed by atoms with van der Waals surface area (Å²) in [6.07, 6.45) is 1.51. The molecule has 0 aliphatic heterocycles. The first-order chi connectivity index (χ1) is 18.7. The van der Waals surface area contributed by atoms with Crippen LogP contribution in [0.3, 0.4) is 0 Å². The van der Waals surface area contributed by atoms with E-state index in [1.54, 1.807) is 38.1 Å². The lowest BCUT2D eigenvalue weighted by Gasteiger charge is -2.22. The summed E-state index contributed by atoms with van der Waals surface area (Å²) in [5, 5.41) is 16.3. The molecule has 2 heterocycles. The Morgan fingerprint density at radius 1 is 0.923 bits per heavy atom. The Balaban J connectivity index is 1.58. The van der Waals surface area contributed by atoms with Crippen LogP contribution in [-0.2, 0) is 30.1 Å². The van der Waals surface area contributed by atoms with Gasteiger partial charge in [-0.25, -0.2) is 9.18 Å². The molecular formula is C30H29FN4O4. The monoisotopic (exact) mass is 528 g/mol. The summed E-state index contributed by atoms with van der Waals surface area (Å²) in [7, 11) is 0. The Hall–Kier alpha value is -4.34. The van der Waals surface area contributed by atoms with Crippen molar-refractivity contribution in [3.63, 3.8) is 0 Å². The molecule has 0 spiro atoms. The van der Waals surface area contributed by atoms with Crippen molar-refractivity contribution in [2.75, 3.05) is 0 Å². The van der Waals surface area contributed by atoms with Gasteiger partial charge in [0.05, 0.1) is 23.6 Å². The quantitative estimate of drug-likeness (QED) is 0.322. The van der Waals surface area contributed by atoms with E-state index in [1.807, 2.05) is 37.3 Å². The van der Waals surface area contributed by atoms with Crippen molar-refractivity contribution in [1.29, 1.82) is 0 Å². The number of hydrogen-bond acceptors (Lipinski definition) is 5. The zero-order valence-corrected chi connectivity index (χ0v) is 22.0. The van der Waals surface area contributed by atoms with E-state index < -0.39 is 11.4 Å². The van der Waals surface area contributed by atoms with Crippen LogP contribution < -0.4 is 11.2 Å². The van der Waals surface area contributed by atoms with Crippen molar-refractivity contribution in [2.24, 2.45) is 0 Å². The van der Waals surface area contributed by atoms with E-state index in [0.717, 1.165) is 5.56 Å². The molecule has 0 fully saturated rings. The Morgan fingerprint density at radius 2 is 1.69 bits per heavy atom. The minimum absolute atomic E-state index is 0.145. The van der Waals surface area contributed by atoms with E-state index in [1.165, 1.54) is 38.2 Å². The number of halogens is 1. The molecule has 200 valence electrons. The van der Waals surface area contributed by atoms with E-state index in [4.69, 9.17) is 4.74 Å². The fourth-order valence-corrected chi connectivity index (χ4v) is 4.63. The summed E-state index contributed by atoms with van der Waals surface area (Å²) in [6.45, 7) is 6.00. The minimum atomic E-state index is -1.34. The molecule has 0 radical (unpaired) electrons. The van der Waals surface area contributed by atoms with Crippen LogP contribution >= 0.6 is 0 Å². The molecular weight excluding hydrogens is 499 g/mol. The van der Waals surface area contributed by atoms with Gasteiger partial charge in [-0.2, -0.15) is 4.68 Å². The Bertz CT molecular complexity index is 1760. The van der Waals surface area contributed by atoms with Crippen LogP contribution in [0.15, 0.2) is 88.6 Å². The minimum Gasteiger partial charge on any atom is -0.386 e. The van der Waals surface area contributed by atoms with Gasteiger partial charge in [0.15, 0.2) is 5.82 Å². The highest BCUT2D eigenvalue weighted by atomic mass is 19.1. The van der Waals surface area contributed by atoms with Crippen LogP contribution in [0.1, 0.15) is 37.7 Å². The normalized spacial score (nSPS) is 11.8. The van der Waals surface area contributed by atoms with E-state index >= 15 is 0 Å². The van der Waals surface area contributed by atoms with Crippen LogP contribution in [0.2, 0.25) is 0 Å². The lowest BCUT2D eigenvalue weighted by atomic mass is 9.94. The standard InChI is InChI=1S/C30H29FN4O4/c1-4-33-27(19-39-18-20-9-6-5-7-10-20)32-35(29(33)37)23-13-14-24-25(16-23)26(30(2,3)38)17-34(28(24)36)22-12-8-11-21(31)15-22/h5-17,38H,4,18-19H2,1-3H3. The number of nitrogens with zero attached hydrogens (tertiary/aromatic N) is 4. The van der Waals surface area contributed by atoms with Gasteiger partial charge in [-0.15, -0.1) is 5.10 Å². The number of pyridine rings is 1. The SMILES string of the molecule is CCn1c(COCc2ccccc2)nn(-c2ccc3c(=O)n(-c4cccc(F)c4)cc(C(C)(C)O)c3c2)c1=O. The molecule has 0 saturated carbocycles. The average molecular weight is 529 g/mol. The Kier molecular flexibility index (Phi) is 7.03. The maximum absolute atomic E-state index is 13.9. The van der Waals surface area contributed by atoms with Crippen LogP contribution in [0, 0.1) is 5.82 Å². The second-order valence-corrected chi connectivity index (χ2v) is 9.82. The van der Waals surface area contributed by atoms with Crippen LogP contribution in [0.5, 0.6) is 0 Å². The number of fused-ring (bicyclic) bond motifs is 1. The summed E-state index contributed by atoms with van der Waals surface area (Å²) in [4.78, 5) is 26.7. The maximum atomic E-state index is 13.9. The highest BCUT2D eigenvalue weighted by Crippen LogP contribution is 2.29. The molecule has 8 nitrogen and oxygen atoms in total. The first-order valence-corrected chi connectivity index (χ1v) is 12.7. The highest BCUT2D eigenvalue weighted by Gasteiger charge is 2.23. The molecule has 0 saturated heterocycles. The van der Waals surface area contributed by atoms with Crippen molar-refractivity contribution in [3.8, 4) is 11.4 Å². The van der Waals surface area contributed by atoms with Crippen molar-refractivity contribution >= 4 is 10.8 Å². The predicted octanol–water partition coefficient (Wildman–Crippen LogP) is 4.44. The van der Waals surface area contributed by atoms with E-state index in [2.05, 4.69) is 5.10 Å². The van der Waals surface area contributed by atoms with Gasteiger partial charge in [-0.3, -0.25) is 13.9 Å². The maximum Gasteiger partial charge on any atom is 0.350 e. The summed E-state index contributed by atoms with van der Waals surface area (Å²) in [5.74, 6) is -0.00291. The summed E-state index contributed by atoms with van der Waals surface area (Å²) in [5.41, 5.74) is 0.179. The van der Waals surface area contributed by atoms with Gasteiger partial charge in [-0.05, 0) is 68.1 Å². The molecule has 9 heteroatoms. The molecule has 1 N–H and O–H groups in total. The molecule has 0 aliphatic carbocycles. The zero-order chi connectivity index (χ0) is 27.7. The lowest BCUT2D eigenvalue weighted by molar-refractivity contribution is 0.0796. The second-order valence-electron chi connectivity index (χ2n) is 9.82. The molecule has 0 bridgehead atoms. The third-order valence-electron chi connectivity index (χ3n) is 6.59. The molecule has 2 aromatic heterocycles. The number of rotatable bonds is 8. The molecule has 39 heavy (non-hydrogen) atoms. The summed E-state index contributed by atoms with van der Waals surface area (Å²) >= 11 is 0. The smallest absolute Gasteiger partial charge is 0.350 e. The highest BCUT2D eigenvalue weighted by molar-refractivity contribution is 5.87. The molecule has 0 atom stereocenters. The summed E-state index contributed by atoms with van der Waals surface area (Å²) < 4.78 is 23.9. The third kappa shape index (κ3) is 5.19. The van der Waals surface area contributed by atoms with Gasteiger partial charge >= 0.3 is 5.69 Å². The van der Waals surface area contributed by atoms with Gasteiger partial charge in [0.25, 0.3) is 5.56 Å². The van der Waals surface area contributed by atoms with E-state index in [0.29, 0.717) is 46.7 Å². The van der Waals surface area contributed by atoms with Crippen molar-refractivity contribution in [3.05, 3.63) is 123 Å². The molecule has 0 unspecified atom stereocenters. The first kappa shape index (κ1) is 26.3. The van der Waals surface area contributed by atoms with Crippen molar-refractivity contribution < 1.29 is 14.2 Å². The predicted molar refractivity (Wildman–Crippen MR) is 147 cm³/mol. The average Bonchev–Trinajstić information content (AvgIpc) is 3.23. The molecule has 5 aromatic rings. The van der Waals surface area contributed by atoms with Crippen LogP contribution in [0.4, 0.5) is 4.39 Å². The van der Waals surface area contributed by atoms with Crippen molar-refractivity contribution in [2.45, 2.75) is 46.1 Å². The topological polar surface area (TPSA) is 91.3 Å². The number of ether oxygens (including phenoxy) is 1. The van der Waals surface area contributed by atoms with Gasteiger partial charge in [0.1, 0.15) is 12.4 Å². The van der Waals surface area contributed by atoms with Gasteiger partial charge in [-0.1, -0.05) is 36.4 Å². The molecule has 5 rings (SSSR count). The largest absolute Gasteiger partial charge is 0.386 e. The van der Waals surface area contributed by atoms with Crippen molar-refractivity contribution in [1.82, 2.24) is 18.9 Å². The van der Waals surface area contributed by atoms with E-state index in [-0.39, 0.29) is 17.9 Å². The molecule has 3 aromatic carbocycles. The fraction of sp³-hybridized carbons (Fsp3) is 0.233. The fourth-order valence-electron chi connectivity index (χ4n) is 4.63. The van der Waals surface area contributed by atoms with Crippen LogP contribution in [-0.4, -0.2) is 24.0 Å². The Morgan fingerprint density at radius 3 is 2.38 bits per heavy atom. The molecule has 0 amide bonds. The Labute approximate surface area is 224 Å². The lowest BCUT2D eigenvalue weighted by Crippen LogP contribution is -2.26. The number of benzene rings is 3. The third-order valence-corrected chi connectivity index (χ3v) is 6.59. The molecule has 0 aliphatic rings.